The molecule has 0 aliphatic rings. The van der Waals surface area contributed by atoms with Crippen LogP contribution in [-0.4, -0.2) is 18.5 Å². The number of fused-ring (bicyclic) bond motifs is 2. The first-order valence-corrected chi connectivity index (χ1v) is 9.85. The second-order valence-corrected chi connectivity index (χ2v) is 7.70. The Hall–Kier alpha value is -3.18. The Bertz CT molecular complexity index is 1130. The lowest BCUT2D eigenvalue weighted by atomic mass is 10.0. The number of thiophene rings is 1. The molecule has 140 valence electrons. The van der Waals surface area contributed by atoms with Gasteiger partial charge in [-0.25, -0.2) is 4.79 Å². The predicted molar refractivity (Wildman–Crippen MR) is 113 cm³/mol. The van der Waals surface area contributed by atoms with Gasteiger partial charge in [-0.15, -0.1) is 11.3 Å². The van der Waals surface area contributed by atoms with E-state index >= 15 is 0 Å². The molecule has 5 heteroatoms. The number of benzene rings is 3. The fourth-order valence-electron chi connectivity index (χ4n) is 3.13. The Kier molecular flexibility index (Phi) is 5.08. The Morgan fingerprint density at radius 2 is 1.64 bits per heavy atom. The van der Waals surface area contributed by atoms with Gasteiger partial charge in [0.15, 0.2) is 6.61 Å². The van der Waals surface area contributed by atoms with Crippen LogP contribution < -0.4 is 5.32 Å². The van der Waals surface area contributed by atoms with Crippen LogP contribution in [0.2, 0.25) is 0 Å². The second-order valence-electron chi connectivity index (χ2n) is 6.62. The number of rotatable bonds is 5. The molecule has 0 saturated heterocycles. The molecular weight excluding hydrogens is 370 g/mol. The summed E-state index contributed by atoms with van der Waals surface area (Å²) in [6.45, 7) is 1.61. The first kappa shape index (κ1) is 18.2. The van der Waals surface area contributed by atoms with Crippen LogP contribution in [-0.2, 0) is 9.53 Å². The smallest absolute Gasteiger partial charge is 0.348 e. The zero-order valence-corrected chi connectivity index (χ0v) is 16.2. The monoisotopic (exact) mass is 389 g/mol. The van der Waals surface area contributed by atoms with Gasteiger partial charge in [0.05, 0.1) is 6.04 Å². The Balaban J connectivity index is 1.35. The number of carbonyl (C=O) groups excluding carboxylic acids is 2. The number of amides is 1. The van der Waals surface area contributed by atoms with Crippen LogP contribution in [0.25, 0.3) is 20.9 Å². The second kappa shape index (κ2) is 7.82. The van der Waals surface area contributed by atoms with Crippen LogP contribution in [0, 0.1) is 0 Å². The van der Waals surface area contributed by atoms with Crippen LogP contribution in [0.1, 0.15) is 28.2 Å². The molecule has 0 aliphatic carbocycles. The highest BCUT2D eigenvalue weighted by Crippen LogP contribution is 2.25. The van der Waals surface area contributed by atoms with Crippen molar-refractivity contribution in [2.45, 2.75) is 13.0 Å². The molecule has 1 aromatic heterocycles. The van der Waals surface area contributed by atoms with E-state index in [9.17, 15) is 9.59 Å². The SMILES string of the molecule is CC(NC(=O)COC(=O)c1cc2ccccc2s1)c1ccc2ccccc2c1. The molecule has 1 atom stereocenters. The van der Waals surface area contributed by atoms with E-state index in [1.807, 2.05) is 61.5 Å². The van der Waals surface area contributed by atoms with E-state index in [4.69, 9.17) is 4.74 Å². The summed E-state index contributed by atoms with van der Waals surface area (Å²) in [4.78, 5) is 24.9. The Labute approximate surface area is 166 Å². The van der Waals surface area contributed by atoms with Crippen molar-refractivity contribution in [1.29, 1.82) is 0 Å². The third-order valence-electron chi connectivity index (χ3n) is 4.61. The lowest BCUT2D eigenvalue weighted by Gasteiger charge is -2.15. The molecule has 0 fully saturated rings. The summed E-state index contributed by atoms with van der Waals surface area (Å²) in [7, 11) is 0. The molecule has 0 saturated carbocycles. The summed E-state index contributed by atoms with van der Waals surface area (Å²) in [5.41, 5.74) is 1.00. The molecule has 1 unspecified atom stereocenters. The van der Waals surface area contributed by atoms with E-state index in [0.29, 0.717) is 4.88 Å². The van der Waals surface area contributed by atoms with Crippen molar-refractivity contribution in [3.63, 3.8) is 0 Å². The van der Waals surface area contributed by atoms with Gasteiger partial charge >= 0.3 is 5.97 Å². The van der Waals surface area contributed by atoms with Gasteiger partial charge in [0.25, 0.3) is 5.91 Å². The number of esters is 1. The van der Waals surface area contributed by atoms with E-state index in [-0.39, 0.29) is 18.6 Å². The molecule has 0 spiro atoms. The first-order valence-electron chi connectivity index (χ1n) is 9.04. The number of hydrogen-bond donors (Lipinski definition) is 1. The van der Waals surface area contributed by atoms with Crippen molar-refractivity contribution in [2.24, 2.45) is 0 Å². The number of carbonyl (C=O) groups is 2. The maximum Gasteiger partial charge on any atom is 0.348 e. The van der Waals surface area contributed by atoms with Crippen LogP contribution in [0.3, 0.4) is 0 Å². The minimum atomic E-state index is -0.477. The standard InChI is InChI=1S/C23H19NO3S/c1-15(17-11-10-16-6-2-3-7-18(16)12-17)24-22(25)14-27-23(26)21-13-19-8-4-5-9-20(19)28-21/h2-13,15H,14H2,1H3,(H,24,25). The minimum absolute atomic E-state index is 0.180. The average Bonchev–Trinajstić information content (AvgIpc) is 3.16. The summed E-state index contributed by atoms with van der Waals surface area (Å²) in [5, 5.41) is 6.15. The van der Waals surface area contributed by atoms with Crippen molar-refractivity contribution >= 4 is 44.1 Å². The van der Waals surface area contributed by atoms with Gasteiger partial charge in [-0.2, -0.15) is 0 Å². The molecule has 1 N–H and O–H groups in total. The predicted octanol–water partition coefficient (Wildman–Crippen LogP) is 5.09. The largest absolute Gasteiger partial charge is 0.451 e. The zero-order valence-electron chi connectivity index (χ0n) is 15.3. The van der Waals surface area contributed by atoms with Crippen molar-refractivity contribution in [3.8, 4) is 0 Å². The van der Waals surface area contributed by atoms with E-state index in [2.05, 4.69) is 17.4 Å². The van der Waals surface area contributed by atoms with Crippen LogP contribution >= 0.6 is 11.3 Å². The van der Waals surface area contributed by atoms with Crippen LogP contribution in [0.4, 0.5) is 0 Å². The Morgan fingerprint density at radius 1 is 0.929 bits per heavy atom. The summed E-state index contributed by atoms with van der Waals surface area (Å²) >= 11 is 1.36. The fraction of sp³-hybridized carbons (Fsp3) is 0.130. The van der Waals surface area contributed by atoms with Gasteiger partial charge in [0.2, 0.25) is 0 Å². The van der Waals surface area contributed by atoms with Gasteiger partial charge in [-0.05, 0) is 46.8 Å². The molecule has 4 aromatic rings. The number of nitrogens with one attached hydrogen (secondary N) is 1. The van der Waals surface area contributed by atoms with Crippen molar-refractivity contribution in [1.82, 2.24) is 5.32 Å². The van der Waals surface area contributed by atoms with Crippen LogP contribution in [0.5, 0.6) is 0 Å². The minimum Gasteiger partial charge on any atom is -0.451 e. The summed E-state index contributed by atoms with van der Waals surface area (Å²) in [6, 6.07) is 23.5. The molecule has 4 rings (SSSR count). The molecule has 0 radical (unpaired) electrons. The van der Waals surface area contributed by atoms with Crippen molar-refractivity contribution < 1.29 is 14.3 Å². The third-order valence-corrected chi connectivity index (χ3v) is 5.71. The normalized spacial score (nSPS) is 12.0. The van der Waals surface area contributed by atoms with Gasteiger partial charge in [0.1, 0.15) is 4.88 Å². The van der Waals surface area contributed by atoms with Crippen molar-refractivity contribution in [2.75, 3.05) is 6.61 Å². The molecular formula is C23H19NO3S. The lowest BCUT2D eigenvalue weighted by Crippen LogP contribution is -2.31. The van der Waals surface area contributed by atoms with Crippen molar-refractivity contribution in [3.05, 3.63) is 83.2 Å². The molecule has 0 aliphatic heterocycles. The molecule has 1 amide bonds. The van der Waals surface area contributed by atoms with Crippen LogP contribution in [0.15, 0.2) is 72.8 Å². The Morgan fingerprint density at radius 3 is 2.43 bits per heavy atom. The van der Waals surface area contributed by atoms with E-state index in [1.54, 1.807) is 6.07 Å². The quantitative estimate of drug-likeness (QED) is 0.484. The van der Waals surface area contributed by atoms with Gasteiger partial charge < -0.3 is 10.1 Å². The van der Waals surface area contributed by atoms with E-state index < -0.39 is 5.97 Å². The molecule has 4 nitrogen and oxygen atoms in total. The van der Waals surface area contributed by atoms with E-state index in [1.165, 1.54) is 11.3 Å². The maximum absolute atomic E-state index is 12.2. The maximum atomic E-state index is 12.2. The molecule has 3 aromatic carbocycles. The molecule has 0 bridgehead atoms. The molecule has 1 heterocycles. The highest BCUT2D eigenvalue weighted by molar-refractivity contribution is 7.20. The summed E-state index contributed by atoms with van der Waals surface area (Å²) in [6.07, 6.45) is 0. The number of ether oxygens (including phenoxy) is 1. The highest BCUT2D eigenvalue weighted by Gasteiger charge is 2.15. The lowest BCUT2D eigenvalue weighted by molar-refractivity contribution is -0.124. The van der Waals surface area contributed by atoms with Gasteiger partial charge in [-0.3, -0.25) is 4.79 Å². The third kappa shape index (κ3) is 3.89. The van der Waals surface area contributed by atoms with Gasteiger partial charge in [0, 0.05) is 4.70 Å². The summed E-state index contributed by atoms with van der Waals surface area (Å²) in [5.74, 6) is -0.801. The highest BCUT2D eigenvalue weighted by atomic mass is 32.1. The fourth-order valence-corrected chi connectivity index (χ4v) is 4.08. The number of hydrogen-bond acceptors (Lipinski definition) is 4. The van der Waals surface area contributed by atoms with Gasteiger partial charge in [-0.1, -0.05) is 54.6 Å². The molecule has 28 heavy (non-hydrogen) atoms. The van der Waals surface area contributed by atoms with E-state index in [0.717, 1.165) is 26.4 Å². The zero-order chi connectivity index (χ0) is 19.5. The average molecular weight is 389 g/mol. The first-order chi connectivity index (χ1) is 13.6. The topological polar surface area (TPSA) is 55.4 Å². The summed E-state index contributed by atoms with van der Waals surface area (Å²) < 4.78 is 6.20.